The Morgan fingerprint density at radius 1 is 1.14 bits per heavy atom. The third-order valence-corrected chi connectivity index (χ3v) is 5.75. The van der Waals surface area contributed by atoms with Crippen LogP contribution < -0.4 is 5.32 Å². The summed E-state index contributed by atoms with van der Waals surface area (Å²) in [5, 5.41) is 13.4. The van der Waals surface area contributed by atoms with Crippen LogP contribution in [0.3, 0.4) is 0 Å². The second-order valence-electron chi connectivity index (χ2n) is 9.71. The van der Waals surface area contributed by atoms with Gasteiger partial charge in [-0.3, -0.25) is 20.2 Å². The topological polar surface area (TPSA) is 137 Å². The van der Waals surface area contributed by atoms with Gasteiger partial charge in [-0.25, -0.2) is 9.59 Å². The number of methoxy groups -OCH3 is 1. The van der Waals surface area contributed by atoms with Crippen molar-refractivity contribution in [2.24, 2.45) is 0 Å². The van der Waals surface area contributed by atoms with Crippen molar-refractivity contribution < 1.29 is 33.5 Å². The van der Waals surface area contributed by atoms with Crippen LogP contribution in [-0.2, 0) is 32.2 Å². The molecule has 1 aliphatic rings. The number of esters is 1. The molecule has 0 saturated heterocycles. The molecule has 1 N–H and O–H groups in total. The van der Waals surface area contributed by atoms with Crippen molar-refractivity contribution in [1.82, 2.24) is 4.90 Å². The van der Waals surface area contributed by atoms with Gasteiger partial charge >= 0.3 is 18.2 Å². The smallest absolute Gasteiger partial charge is 0.411 e. The number of benzene rings is 2. The number of amides is 2. The number of nitro benzene ring substituents is 1. The lowest BCUT2D eigenvalue weighted by Crippen LogP contribution is -2.36. The molecule has 0 aliphatic carbocycles. The Morgan fingerprint density at radius 2 is 1.84 bits per heavy atom. The van der Waals surface area contributed by atoms with Gasteiger partial charge in [-0.1, -0.05) is 6.07 Å². The number of nitrogens with zero attached hydrogens (tertiary/aromatic N) is 2. The highest BCUT2D eigenvalue weighted by molar-refractivity contribution is 5.85. The van der Waals surface area contributed by atoms with E-state index in [9.17, 15) is 24.5 Å². The summed E-state index contributed by atoms with van der Waals surface area (Å²) >= 11 is 0. The lowest BCUT2D eigenvalue weighted by Gasteiger charge is -2.26. The molecular formula is C26H31N3O8. The number of nitrogens with one attached hydrogen (secondary N) is 1. The van der Waals surface area contributed by atoms with E-state index in [4.69, 9.17) is 14.2 Å². The Morgan fingerprint density at radius 3 is 2.46 bits per heavy atom. The first-order chi connectivity index (χ1) is 17.4. The molecular weight excluding hydrogens is 482 g/mol. The SMILES string of the molecule is COC(=O)CC1CCN(C(=O)OC(C)(C)C)Cc2cc(NC(=O)OCc3ccc([N+](=O)[O-])cc3)ccc21. The number of fused-ring (bicyclic) bond motifs is 1. The van der Waals surface area contributed by atoms with E-state index in [1.165, 1.54) is 31.4 Å². The second-order valence-corrected chi connectivity index (χ2v) is 9.71. The fourth-order valence-electron chi connectivity index (χ4n) is 3.97. The molecule has 198 valence electrons. The van der Waals surface area contributed by atoms with E-state index in [2.05, 4.69) is 5.32 Å². The van der Waals surface area contributed by atoms with Crippen LogP contribution in [0.2, 0.25) is 0 Å². The highest BCUT2D eigenvalue weighted by atomic mass is 16.6. The minimum atomic E-state index is -0.706. The van der Waals surface area contributed by atoms with Gasteiger partial charge in [0, 0.05) is 30.9 Å². The van der Waals surface area contributed by atoms with Crippen molar-refractivity contribution in [2.45, 2.75) is 58.3 Å². The Kier molecular flexibility index (Phi) is 8.69. The number of nitro groups is 1. The predicted octanol–water partition coefficient (Wildman–Crippen LogP) is 5.13. The number of hydrogen-bond donors (Lipinski definition) is 1. The summed E-state index contributed by atoms with van der Waals surface area (Å²) in [5.41, 5.74) is 2.00. The van der Waals surface area contributed by atoms with Crippen molar-refractivity contribution in [3.8, 4) is 0 Å². The Bertz CT molecular complexity index is 1160. The van der Waals surface area contributed by atoms with E-state index < -0.39 is 22.7 Å². The molecule has 0 aromatic heterocycles. The number of carbonyl (C=O) groups excluding carboxylic acids is 3. The Balaban J connectivity index is 1.74. The Labute approximate surface area is 214 Å². The van der Waals surface area contributed by atoms with Gasteiger partial charge in [0.25, 0.3) is 5.69 Å². The highest BCUT2D eigenvalue weighted by Crippen LogP contribution is 2.33. The molecule has 11 nitrogen and oxygen atoms in total. The average molecular weight is 514 g/mol. The normalized spacial score (nSPS) is 15.1. The third-order valence-electron chi connectivity index (χ3n) is 5.75. The number of hydrogen-bond acceptors (Lipinski definition) is 8. The van der Waals surface area contributed by atoms with Crippen LogP contribution in [0.1, 0.15) is 56.2 Å². The van der Waals surface area contributed by atoms with Crippen LogP contribution in [0.15, 0.2) is 42.5 Å². The first-order valence-corrected chi connectivity index (χ1v) is 11.8. The average Bonchev–Trinajstić information content (AvgIpc) is 3.01. The molecule has 1 aliphatic heterocycles. The summed E-state index contributed by atoms with van der Waals surface area (Å²) < 4.78 is 15.6. The van der Waals surface area contributed by atoms with Gasteiger partial charge in [0.05, 0.1) is 18.5 Å². The molecule has 2 aromatic rings. The Hall–Kier alpha value is -4.15. The molecule has 37 heavy (non-hydrogen) atoms. The lowest BCUT2D eigenvalue weighted by atomic mass is 9.90. The third kappa shape index (κ3) is 7.92. The summed E-state index contributed by atoms with van der Waals surface area (Å²) in [6.45, 7) is 5.95. The van der Waals surface area contributed by atoms with E-state index >= 15 is 0 Å². The maximum atomic E-state index is 12.8. The molecule has 11 heteroatoms. The largest absolute Gasteiger partial charge is 0.469 e. The molecule has 2 amide bonds. The highest BCUT2D eigenvalue weighted by Gasteiger charge is 2.29. The molecule has 1 unspecified atom stereocenters. The number of anilines is 1. The van der Waals surface area contributed by atoms with Gasteiger partial charge < -0.3 is 19.1 Å². The second kappa shape index (κ2) is 11.7. The van der Waals surface area contributed by atoms with E-state index in [1.807, 2.05) is 6.07 Å². The van der Waals surface area contributed by atoms with Crippen LogP contribution in [0.25, 0.3) is 0 Å². The van der Waals surface area contributed by atoms with Crippen molar-refractivity contribution in [3.05, 3.63) is 69.3 Å². The van der Waals surface area contributed by atoms with Crippen molar-refractivity contribution in [1.29, 1.82) is 0 Å². The van der Waals surface area contributed by atoms with Gasteiger partial charge in [0.1, 0.15) is 12.2 Å². The van der Waals surface area contributed by atoms with Gasteiger partial charge in [0.2, 0.25) is 0 Å². The number of non-ortho nitro benzene ring substituents is 1. The van der Waals surface area contributed by atoms with Crippen LogP contribution in [0, 0.1) is 10.1 Å². The van der Waals surface area contributed by atoms with Gasteiger partial charge in [-0.05, 0) is 74.1 Å². The molecule has 0 bridgehead atoms. The lowest BCUT2D eigenvalue weighted by molar-refractivity contribution is -0.384. The molecule has 0 fully saturated rings. The van der Waals surface area contributed by atoms with E-state index in [0.717, 1.165) is 11.1 Å². The molecule has 1 atom stereocenters. The number of rotatable bonds is 6. The van der Waals surface area contributed by atoms with Crippen molar-refractivity contribution in [3.63, 3.8) is 0 Å². The van der Waals surface area contributed by atoms with E-state index in [1.54, 1.807) is 37.8 Å². The quantitative estimate of drug-likeness (QED) is 0.243. The van der Waals surface area contributed by atoms with Gasteiger partial charge in [0.15, 0.2) is 0 Å². The van der Waals surface area contributed by atoms with E-state index in [-0.39, 0.29) is 37.1 Å². The number of ether oxygens (including phenoxy) is 3. The van der Waals surface area contributed by atoms with Gasteiger partial charge in [-0.15, -0.1) is 0 Å². The molecule has 1 heterocycles. The maximum Gasteiger partial charge on any atom is 0.411 e. The fraction of sp³-hybridized carbons (Fsp3) is 0.423. The molecule has 2 aromatic carbocycles. The minimum absolute atomic E-state index is 0.0518. The van der Waals surface area contributed by atoms with Crippen LogP contribution >= 0.6 is 0 Å². The summed E-state index contributed by atoms with van der Waals surface area (Å²) in [6.07, 6.45) is -0.457. The summed E-state index contributed by atoms with van der Waals surface area (Å²) in [5.74, 6) is -0.517. The number of carbonyl (C=O) groups is 3. The molecule has 0 spiro atoms. The molecule has 0 radical (unpaired) electrons. The summed E-state index contributed by atoms with van der Waals surface area (Å²) in [7, 11) is 1.34. The zero-order chi connectivity index (χ0) is 27.2. The summed E-state index contributed by atoms with van der Waals surface area (Å²) in [6, 6.07) is 11.0. The molecule has 0 saturated carbocycles. The van der Waals surface area contributed by atoms with E-state index in [0.29, 0.717) is 24.2 Å². The zero-order valence-corrected chi connectivity index (χ0v) is 21.3. The van der Waals surface area contributed by atoms with Crippen LogP contribution in [0.4, 0.5) is 21.0 Å². The van der Waals surface area contributed by atoms with Gasteiger partial charge in [-0.2, -0.15) is 0 Å². The predicted molar refractivity (Wildman–Crippen MR) is 134 cm³/mol. The fourth-order valence-corrected chi connectivity index (χ4v) is 3.97. The maximum absolute atomic E-state index is 12.8. The zero-order valence-electron chi connectivity index (χ0n) is 21.3. The first kappa shape index (κ1) is 27.4. The summed E-state index contributed by atoms with van der Waals surface area (Å²) in [4.78, 5) is 49.0. The standard InChI is InChI=1S/C26H31N3O8/c1-26(2,3)37-25(32)28-12-11-18(14-23(30)35-4)22-10-7-20(13-19(22)15-28)27-24(31)36-16-17-5-8-21(9-6-17)29(33)34/h5-10,13,18H,11-12,14-16H2,1-4H3,(H,27,31). The first-order valence-electron chi connectivity index (χ1n) is 11.8. The van der Waals surface area contributed by atoms with Crippen molar-refractivity contribution >= 4 is 29.5 Å². The van der Waals surface area contributed by atoms with Crippen molar-refractivity contribution in [2.75, 3.05) is 19.0 Å². The molecule has 3 rings (SSSR count). The minimum Gasteiger partial charge on any atom is -0.469 e. The monoisotopic (exact) mass is 513 g/mol. The van der Waals surface area contributed by atoms with Crippen LogP contribution in [0.5, 0.6) is 0 Å². The van der Waals surface area contributed by atoms with Crippen LogP contribution in [-0.4, -0.2) is 47.2 Å².